The molecule has 1 heterocycles. The van der Waals surface area contributed by atoms with Gasteiger partial charge in [-0.15, -0.1) is 0 Å². The molecule has 0 aliphatic carbocycles. The van der Waals surface area contributed by atoms with Crippen LogP contribution in [0.1, 0.15) is 12.0 Å². The summed E-state index contributed by atoms with van der Waals surface area (Å²) in [5.41, 5.74) is 1.14. The van der Waals surface area contributed by atoms with Crippen LogP contribution in [0.15, 0.2) is 30.3 Å². The average Bonchev–Trinajstić information content (AvgIpc) is 2.29. The Balaban J connectivity index is 1.82. The number of hydrogen-bond acceptors (Lipinski definition) is 3. The van der Waals surface area contributed by atoms with Gasteiger partial charge in [0.1, 0.15) is 6.10 Å². The van der Waals surface area contributed by atoms with E-state index in [0.29, 0.717) is 19.8 Å². The van der Waals surface area contributed by atoms with Crippen LogP contribution in [0.3, 0.4) is 0 Å². The van der Waals surface area contributed by atoms with E-state index in [1.165, 1.54) is 0 Å². The van der Waals surface area contributed by atoms with Crippen LogP contribution < -0.4 is 0 Å². The van der Waals surface area contributed by atoms with Crippen LogP contribution in [-0.2, 0) is 16.1 Å². The summed E-state index contributed by atoms with van der Waals surface area (Å²) in [6.07, 6.45) is 0.204. The molecule has 1 N–H and O–H groups in total. The quantitative estimate of drug-likeness (QED) is 0.815. The minimum Gasteiger partial charge on any atom is -0.388 e. The summed E-state index contributed by atoms with van der Waals surface area (Å²) in [5, 5.41) is 9.60. The normalized spacial score (nSPS) is 26.5. The first kappa shape index (κ1) is 10.6. The Bertz CT molecular complexity index is 286. The average molecular weight is 208 g/mol. The van der Waals surface area contributed by atoms with Crippen molar-refractivity contribution in [2.45, 2.75) is 25.2 Å². The van der Waals surface area contributed by atoms with Crippen LogP contribution >= 0.6 is 0 Å². The lowest BCUT2D eigenvalue weighted by Crippen LogP contribution is -2.38. The summed E-state index contributed by atoms with van der Waals surface area (Å²) in [4.78, 5) is 0. The van der Waals surface area contributed by atoms with E-state index < -0.39 is 6.10 Å². The third-order valence-corrected chi connectivity index (χ3v) is 2.57. The molecule has 15 heavy (non-hydrogen) atoms. The molecule has 0 saturated carbocycles. The van der Waals surface area contributed by atoms with E-state index in [9.17, 15) is 5.11 Å². The minimum absolute atomic E-state index is 0.0843. The molecule has 0 spiro atoms. The Hall–Kier alpha value is -0.900. The lowest BCUT2D eigenvalue weighted by atomic mass is 10.1. The zero-order chi connectivity index (χ0) is 10.5. The summed E-state index contributed by atoms with van der Waals surface area (Å²) in [5.74, 6) is 0. The summed E-state index contributed by atoms with van der Waals surface area (Å²) in [7, 11) is 0. The molecule has 2 atom stereocenters. The van der Waals surface area contributed by atoms with E-state index >= 15 is 0 Å². The fourth-order valence-electron chi connectivity index (χ4n) is 1.68. The molecule has 1 aliphatic rings. The van der Waals surface area contributed by atoms with Gasteiger partial charge in [0.25, 0.3) is 0 Å². The highest BCUT2D eigenvalue weighted by Crippen LogP contribution is 2.13. The summed E-state index contributed by atoms with van der Waals surface area (Å²) >= 11 is 0. The summed E-state index contributed by atoms with van der Waals surface area (Å²) < 4.78 is 10.8. The molecule has 1 aliphatic heterocycles. The van der Waals surface area contributed by atoms with Crippen LogP contribution in [0.5, 0.6) is 0 Å². The zero-order valence-corrected chi connectivity index (χ0v) is 8.63. The molecule has 2 rings (SSSR count). The summed E-state index contributed by atoms with van der Waals surface area (Å²) in [6.45, 7) is 1.62. The standard InChI is InChI=1S/C12H16O3/c13-11-9-14-7-6-12(11)15-8-10-4-2-1-3-5-10/h1-5,11-13H,6-9H2. The number of ether oxygens (including phenoxy) is 2. The molecule has 0 amide bonds. The lowest BCUT2D eigenvalue weighted by Gasteiger charge is -2.27. The maximum absolute atomic E-state index is 9.60. The second-order valence-electron chi connectivity index (χ2n) is 3.77. The van der Waals surface area contributed by atoms with Crippen molar-refractivity contribution in [2.75, 3.05) is 13.2 Å². The van der Waals surface area contributed by atoms with Crippen molar-refractivity contribution in [3.63, 3.8) is 0 Å². The highest BCUT2D eigenvalue weighted by molar-refractivity contribution is 5.13. The van der Waals surface area contributed by atoms with Gasteiger partial charge in [0.05, 0.1) is 19.3 Å². The molecular weight excluding hydrogens is 192 g/mol. The van der Waals surface area contributed by atoms with E-state index in [0.717, 1.165) is 12.0 Å². The first-order valence-electron chi connectivity index (χ1n) is 5.27. The number of aliphatic hydroxyl groups is 1. The summed E-state index contributed by atoms with van der Waals surface area (Å²) in [6, 6.07) is 9.99. The molecule has 0 bridgehead atoms. The van der Waals surface area contributed by atoms with Crippen molar-refractivity contribution in [3.8, 4) is 0 Å². The highest BCUT2D eigenvalue weighted by Gasteiger charge is 2.23. The van der Waals surface area contributed by atoms with Gasteiger partial charge in [-0.1, -0.05) is 30.3 Å². The van der Waals surface area contributed by atoms with Crippen molar-refractivity contribution in [1.82, 2.24) is 0 Å². The number of benzene rings is 1. The largest absolute Gasteiger partial charge is 0.388 e. The second-order valence-corrected chi connectivity index (χ2v) is 3.77. The van der Waals surface area contributed by atoms with Gasteiger partial charge >= 0.3 is 0 Å². The zero-order valence-electron chi connectivity index (χ0n) is 8.63. The van der Waals surface area contributed by atoms with Gasteiger partial charge in [-0.2, -0.15) is 0 Å². The molecule has 82 valence electrons. The fourth-order valence-corrected chi connectivity index (χ4v) is 1.68. The van der Waals surface area contributed by atoms with Crippen molar-refractivity contribution in [2.24, 2.45) is 0 Å². The molecule has 1 saturated heterocycles. The molecule has 0 radical (unpaired) electrons. The third kappa shape index (κ3) is 3.02. The van der Waals surface area contributed by atoms with Gasteiger partial charge in [-0.05, 0) is 12.0 Å². The molecule has 0 aromatic heterocycles. The van der Waals surface area contributed by atoms with E-state index in [1.807, 2.05) is 30.3 Å². The Morgan fingerprint density at radius 1 is 1.33 bits per heavy atom. The van der Waals surface area contributed by atoms with Crippen LogP contribution in [0, 0.1) is 0 Å². The monoisotopic (exact) mass is 208 g/mol. The van der Waals surface area contributed by atoms with Crippen LogP contribution in [0.25, 0.3) is 0 Å². The van der Waals surface area contributed by atoms with E-state index in [2.05, 4.69) is 0 Å². The Kier molecular flexibility index (Phi) is 3.72. The topological polar surface area (TPSA) is 38.7 Å². The van der Waals surface area contributed by atoms with Gasteiger partial charge in [0.15, 0.2) is 0 Å². The van der Waals surface area contributed by atoms with Crippen LogP contribution in [0.2, 0.25) is 0 Å². The van der Waals surface area contributed by atoms with Crippen molar-refractivity contribution >= 4 is 0 Å². The Labute approximate surface area is 89.6 Å². The van der Waals surface area contributed by atoms with Crippen molar-refractivity contribution in [3.05, 3.63) is 35.9 Å². The number of rotatable bonds is 3. The van der Waals surface area contributed by atoms with Gasteiger partial charge in [0, 0.05) is 6.61 Å². The first-order chi connectivity index (χ1) is 7.36. The fraction of sp³-hybridized carbons (Fsp3) is 0.500. The molecule has 1 aromatic rings. The first-order valence-corrected chi connectivity index (χ1v) is 5.27. The Morgan fingerprint density at radius 3 is 2.87 bits per heavy atom. The molecule has 2 unspecified atom stereocenters. The predicted octanol–water partition coefficient (Wildman–Crippen LogP) is 1.35. The smallest absolute Gasteiger partial charge is 0.104 e. The maximum atomic E-state index is 9.60. The van der Waals surface area contributed by atoms with Crippen molar-refractivity contribution in [1.29, 1.82) is 0 Å². The molecule has 3 heteroatoms. The van der Waals surface area contributed by atoms with Gasteiger partial charge in [-0.25, -0.2) is 0 Å². The van der Waals surface area contributed by atoms with E-state index in [1.54, 1.807) is 0 Å². The highest BCUT2D eigenvalue weighted by atomic mass is 16.5. The van der Waals surface area contributed by atoms with Crippen LogP contribution in [0.4, 0.5) is 0 Å². The lowest BCUT2D eigenvalue weighted by molar-refractivity contribution is -0.119. The van der Waals surface area contributed by atoms with Gasteiger partial charge < -0.3 is 14.6 Å². The number of hydrogen-bond donors (Lipinski definition) is 1. The van der Waals surface area contributed by atoms with Crippen LogP contribution in [-0.4, -0.2) is 30.5 Å². The van der Waals surface area contributed by atoms with Gasteiger partial charge in [-0.3, -0.25) is 0 Å². The minimum atomic E-state index is -0.484. The predicted molar refractivity (Wildman–Crippen MR) is 56.5 cm³/mol. The molecule has 1 fully saturated rings. The van der Waals surface area contributed by atoms with Crippen molar-refractivity contribution < 1.29 is 14.6 Å². The van der Waals surface area contributed by atoms with E-state index in [-0.39, 0.29) is 6.10 Å². The Morgan fingerprint density at radius 2 is 2.13 bits per heavy atom. The molecular formula is C12H16O3. The van der Waals surface area contributed by atoms with Gasteiger partial charge in [0.2, 0.25) is 0 Å². The third-order valence-electron chi connectivity index (χ3n) is 2.57. The molecule has 1 aromatic carbocycles. The van der Waals surface area contributed by atoms with E-state index in [4.69, 9.17) is 9.47 Å². The maximum Gasteiger partial charge on any atom is 0.104 e. The molecule has 3 nitrogen and oxygen atoms in total. The number of aliphatic hydroxyl groups excluding tert-OH is 1. The SMILES string of the molecule is OC1COCCC1OCc1ccccc1. The second kappa shape index (κ2) is 5.26.